The number of carbonyl (C=O) groups excluding carboxylic acids is 1. The van der Waals surface area contributed by atoms with E-state index in [1.54, 1.807) is 44.4 Å². The number of likely N-dealkylation sites (tertiary alicyclic amines) is 1. The molecule has 0 radical (unpaired) electrons. The number of nitrogens with one attached hydrogen (secondary N) is 1. The topological polar surface area (TPSA) is 85.0 Å². The van der Waals surface area contributed by atoms with Crippen LogP contribution in [0.15, 0.2) is 47.5 Å². The number of carbonyl (C=O) groups is 1. The highest BCUT2D eigenvalue weighted by Gasteiger charge is 2.37. The van der Waals surface area contributed by atoms with Crippen molar-refractivity contribution in [2.75, 3.05) is 19.6 Å². The maximum atomic E-state index is 13.3. The largest absolute Gasteiger partial charge is 0.401 e. The fourth-order valence-electron chi connectivity index (χ4n) is 4.04. The molecule has 4 rings (SSSR count). The number of rotatable bonds is 5. The number of hydrogen-bond acceptors (Lipinski definition) is 5. The van der Waals surface area contributed by atoms with Crippen molar-refractivity contribution in [3.8, 4) is 16.9 Å². The Kier molecular flexibility index (Phi) is 6.74. The van der Waals surface area contributed by atoms with E-state index in [1.165, 1.54) is 21.8 Å². The van der Waals surface area contributed by atoms with Gasteiger partial charge in [-0.15, -0.1) is 0 Å². The second-order valence-electron chi connectivity index (χ2n) is 8.95. The van der Waals surface area contributed by atoms with E-state index in [-0.39, 0.29) is 18.7 Å². The van der Waals surface area contributed by atoms with Crippen LogP contribution in [0.1, 0.15) is 30.1 Å². The SMILES string of the molecule is Cn1cc(-n2nc(-c3ccc(Cl)cc3)cc(C(=O)NC3(C)CCN(CC(F)(F)F)CC3)c2=O)cn1. The van der Waals surface area contributed by atoms with Crippen molar-refractivity contribution in [2.24, 2.45) is 7.05 Å². The predicted octanol–water partition coefficient (Wildman–Crippen LogP) is 3.43. The molecule has 1 aliphatic rings. The summed E-state index contributed by atoms with van der Waals surface area (Å²) in [5.41, 5.74) is -0.115. The van der Waals surface area contributed by atoms with E-state index >= 15 is 0 Å². The molecular weight excluding hydrogens is 485 g/mol. The lowest BCUT2D eigenvalue weighted by molar-refractivity contribution is -0.149. The molecule has 0 saturated carbocycles. The molecule has 1 amide bonds. The van der Waals surface area contributed by atoms with Crippen LogP contribution in [0.2, 0.25) is 5.02 Å². The van der Waals surface area contributed by atoms with Crippen molar-refractivity contribution in [1.82, 2.24) is 29.8 Å². The van der Waals surface area contributed by atoms with Crippen LogP contribution in [-0.2, 0) is 7.05 Å². The summed E-state index contributed by atoms with van der Waals surface area (Å²) in [5.74, 6) is -0.614. The van der Waals surface area contributed by atoms with Crippen LogP contribution < -0.4 is 10.9 Å². The van der Waals surface area contributed by atoms with Crippen molar-refractivity contribution >= 4 is 17.5 Å². The van der Waals surface area contributed by atoms with Crippen LogP contribution in [-0.4, -0.2) is 61.7 Å². The highest BCUT2D eigenvalue weighted by molar-refractivity contribution is 6.30. The van der Waals surface area contributed by atoms with Crippen LogP contribution in [0.3, 0.4) is 0 Å². The summed E-state index contributed by atoms with van der Waals surface area (Å²) < 4.78 is 40.8. The van der Waals surface area contributed by atoms with Crippen LogP contribution in [0.5, 0.6) is 0 Å². The fraction of sp³-hybridized carbons (Fsp3) is 0.391. The molecule has 0 bridgehead atoms. The number of aryl methyl sites for hydroxylation is 1. The number of hydrogen-bond donors (Lipinski definition) is 1. The number of alkyl halides is 3. The Morgan fingerprint density at radius 2 is 1.86 bits per heavy atom. The highest BCUT2D eigenvalue weighted by atomic mass is 35.5. The summed E-state index contributed by atoms with van der Waals surface area (Å²) in [6.45, 7) is 1.16. The molecule has 1 saturated heterocycles. The van der Waals surface area contributed by atoms with Crippen molar-refractivity contribution in [2.45, 2.75) is 31.5 Å². The third-order valence-electron chi connectivity index (χ3n) is 6.01. The second kappa shape index (κ2) is 9.46. The lowest BCUT2D eigenvalue weighted by Gasteiger charge is -2.40. The average Bonchev–Trinajstić information content (AvgIpc) is 3.21. The first-order chi connectivity index (χ1) is 16.4. The van der Waals surface area contributed by atoms with Crippen molar-refractivity contribution in [3.63, 3.8) is 0 Å². The molecular formula is C23H24ClF3N6O2. The molecule has 0 aliphatic carbocycles. The smallest absolute Gasteiger partial charge is 0.347 e. The molecule has 3 heterocycles. The van der Waals surface area contributed by atoms with Crippen LogP contribution in [0.4, 0.5) is 13.2 Å². The van der Waals surface area contributed by atoms with Gasteiger partial charge in [0.1, 0.15) is 11.3 Å². The van der Waals surface area contributed by atoms with E-state index in [1.807, 2.05) is 0 Å². The molecule has 2 aromatic heterocycles. The zero-order chi connectivity index (χ0) is 25.4. The normalized spacial score (nSPS) is 16.3. The molecule has 1 fully saturated rings. The number of aromatic nitrogens is 4. The van der Waals surface area contributed by atoms with Gasteiger partial charge in [-0.05, 0) is 38.0 Å². The van der Waals surface area contributed by atoms with Gasteiger partial charge in [0.05, 0.1) is 24.6 Å². The Balaban J connectivity index is 1.64. The second-order valence-corrected chi connectivity index (χ2v) is 9.38. The third-order valence-corrected chi connectivity index (χ3v) is 6.26. The quantitative estimate of drug-likeness (QED) is 0.571. The lowest BCUT2D eigenvalue weighted by atomic mass is 9.89. The minimum Gasteiger partial charge on any atom is -0.347 e. The van der Waals surface area contributed by atoms with Gasteiger partial charge >= 0.3 is 6.18 Å². The number of halogens is 4. The van der Waals surface area contributed by atoms with Gasteiger partial charge in [-0.25, -0.2) is 0 Å². The first-order valence-electron chi connectivity index (χ1n) is 10.9. The molecule has 8 nitrogen and oxygen atoms in total. The summed E-state index contributed by atoms with van der Waals surface area (Å²) in [5, 5.41) is 11.9. The Bertz CT molecular complexity index is 1280. The Labute approximate surface area is 204 Å². The van der Waals surface area contributed by atoms with E-state index in [2.05, 4.69) is 15.5 Å². The van der Waals surface area contributed by atoms with Gasteiger partial charge < -0.3 is 5.32 Å². The van der Waals surface area contributed by atoms with E-state index in [0.717, 1.165) is 4.68 Å². The zero-order valence-corrected chi connectivity index (χ0v) is 19.9. The number of benzene rings is 1. The molecule has 12 heteroatoms. The number of nitrogens with zero attached hydrogens (tertiary/aromatic N) is 5. The number of piperidine rings is 1. The number of amides is 1. The van der Waals surface area contributed by atoms with Crippen molar-refractivity contribution < 1.29 is 18.0 Å². The zero-order valence-electron chi connectivity index (χ0n) is 19.1. The van der Waals surface area contributed by atoms with Gasteiger partial charge in [-0.1, -0.05) is 23.7 Å². The van der Waals surface area contributed by atoms with E-state index < -0.39 is 29.7 Å². The monoisotopic (exact) mass is 508 g/mol. The maximum Gasteiger partial charge on any atom is 0.401 e. The van der Waals surface area contributed by atoms with Crippen LogP contribution in [0, 0.1) is 0 Å². The van der Waals surface area contributed by atoms with E-state index in [4.69, 9.17) is 11.6 Å². The van der Waals surface area contributed by atoms with Crippen molar-refractivity contribution in [3.05, 3.63) is 63.7 Å². The van der Waals surface area contributed by atoms with Crippen molar-refractivity contribution in [1.29, 1.82) is 0 Å². The summed E-state index contributed by atoms with van der Waals surface area (Å²) in [6, 6.07) is 8.21. The summed E-state index contributed by atoms with van der Waals surface area (Å²) >= 11 is 5.99. The minimum absolute atomic E-state index is 0.132. The highest BCUT2D eigenvalue weighted by Crippen LogP contribution is 2.26. The molecule has 0 spiro atoms. The first-order valence-corrected chi connectivity index (χ1v) is 11.3. The van der Waals surface area contributed by atoms with Crippen LogP contribution >= 0.6 is 11.6 Å². The molecule has 1 N–H and O–H groups in total. The average molecular weight is 509 g/mol. The van der Waals surface area contributed by atoms with Gasteiger partial charge in [0, 0.05) is 36.3 Å². The Hall–Kier alpha value is -3.18. The maximum absolute atomic E-state index is 13.3. The van der Waals surface area contributed by atoms with Crippen LogP contribution in [0.25, 0.3) is 16.9 Å². The molecule has 3 aromatic rings. The van der Waals surface area contributed by atoms with Gasteiger partial charge in [-0.2, -0.15) is 28.1 Å². The first kappa shape index (κ1) is 24.9. The Morgan fingerprint density at radius 3 is 2.43 bits per heavy atom. The van der Waals surface area contributed by atoms with Gasteiger partial charge in [0.25, 0.3) is 11.5 Å². The molecule has 1 aromatic carbocycles. The molecule has 35 heavy (non-hydrogen) atoms. The minimum atomic E-state index is -4.27. The summed E-state index contributed by atoms with van der Waals surface area (Å²) in [7, 11) is 1.69. The summed E-state index contributed by atoms with van der Waals surface area (Å²) in [4.78, 5) is 27.9. The lowest BCUT2D eigenvalue weighted by Crippen LogP contribution is -2.55. The summed E-state index contributed by atoms with van der Waals surface area (Å²) in [6.07, 6.45) is -0.580. The Morgan fingerprint density at radius 1 is 1.20 bits per heavy atom. The fourth-order valence-corrected chi connectivity index (χ4v) is 4.16. The molecule has 0 atom stereocenters. The van der Waals surface area contributed by atoms with E-state index in [9.17, 15) is 22.8 Å². The molecule has 1 aliphatic heterocycles. The molecule has 186 valence electrons. The third kappa shape index (κ3) is 5.91. The molecule has 0 unspecified atom stereocenters. The van der Waals surface area contributed by atoms with Gasteiger partial charge in [-0.3, -0.25) is 19.2 Å². The van der Waals surface area contributed by atoms with Gasteiger partial charge in [0.15, 0.2) is 0 Å². The van der Waals surface area contributed by atoms with E-state index in [0.29, 0.717) is 34.8 Å². The van der Waals surface area contributed by atoms with Gasteiger partial charge in [0.2, 0.25) is 0 Å². The standard InChI is InChI=1S/C23H24ClF3N6O2/c1-22(7-9-32(10-8-22)14-23(25,26)27)29-20(34)18-11-19(15-3-5-16(24)6-4-15)30-33(21(18)35)17-12-28-31(2)13-17/h3-6,11-13H,7-10,14H2,1-2H3,(H,29,34). The predicted molar refractivity (Wildman–Crippen MR) is 125 cm³/mol.